The van der Waals surface area contributed by atoms with Crippen LogP contribution in [-0.2, 0) is 0 Å². The normalized spacial score (nSPS) is 10.8. The van der Waals surface area contributed by atoms with E-state index < -0.39 is 0 Å². The van der Waals surface area contributed by atoms with Gasteiger partial charge in [-0.15, -0.1) is 0 Å². The lowest BCUT2D eigenvalue weighted by Crippen LogP contribution is -2.34. The summed E-state index contributed by atoms with van der Waals surface area (Å²) >= 11 is 5.97. The van der Waals surface area contributed by atoms with Crippen molar-refractivity contribution in [3.8, 4) is 0 Å². The molecule has 0 radical (unpaired) electrons. The van der Waals surface area contributed by atoms with Gasteiger partial charge in [0.15, 0.2) is 0 Å². The molecule has 0 bridgehead atoms. The Balaban J connectivity index is 1.66. The van der Waals surface area contributed by atoms with Crippen LogP contribution < -0.4 is 16.0 Å². The Morgan fingerprint density at radius 2 is 1.62 bits per heavy atom. The molecule has 0 aliphatic rings. The molecule has 1 aromatic heterocycles. The van der Waals surface area contributed by atoms with Crippen molar-refractivity contribution in [3.05, 3.63) is 59.2 Å². The molecule has 3 rings (SSSR count). The largest absolute Gasteiger partial charge is 0.351 e. The van der Waals surface area contributed by atoms with E-state index in [0.29, 0.717) is 22.1 Å². The van der Waals surface area contributed by atoms with Gasteiger partial charge in [0.05, 0.1) is 0 Å². The first-order valence-electron chi connectivity index (χ1n) is 8.18. The minimum absolute atomic E-state index is 0.0553. The van der Waals surface area contributed by atoms with E-state index in [4.69, 9.17) is 11.6 Å². The summed E-state index contributed by atoms with van der Waals surface area (Å²) in [5.74, 6) is -0.254. The van der Waals surface area contributed by atoms with Crippen LogP contribution in [0.2, 0.25) is 5.02 Å². The Kier molecular flexibility index (Phi) is 5.14. The molecule has 0 saturated heterocycles. The van der Waals surface area contributed by atoms with E-state index in [-0.39, 0.29) is 18.0 Å². The van der Waals surface area contributed by atoms with Crippen molar-refractivity contribution in [3.63, 3.8) is 0 Å². The molecule has 2 aromatic carbocycles. The number of amides is 3. The molecular weight excluding hydrogens is 352 g/mol. The second-order valence-corrected chi connectivity index (χ2v) is 6.64. The highest BCUT2D eigenvalue weighted by Gasteiger charge is 2.10. The van der Waals surface area contributed by atoms with Crippen LogP contribution in [0.4, 0.5) is 16.2 Å². The van der Waals surface area contributed by atoms with Crippen molar-refractivity contribution in [2.45, 2.75) is 19.9 Å². The van der Waals surface area contributed by atoms with Crippen molar-refractivity contribution < 1.29 is 9.59 Å². The highest BCUT2D eigenvalue weighted by Crippen LogP contribution is 2.21. The second-order valence-electron chi connectivity index (χ2n) is 6.20. The molecule has 6 nitrogen and oxygen atoms in total. The Morgan fingerprint density at radius 1 is 0.962 bits per heavy atom. The molecule has 4 N–H and O–H groups in total. The molecule has 3 amide bonds. The molecule has 1 heterocycles. The zero-order chi connectivity index (χ0) is 18.7. The predicted molar refractivity (Wildman–Crippen MR) is 105 cm³/mol. The number of halogens is 1. The molecule has 134 valence electrons. The number of carbonyl (C=O) groups is 2. The molecule has 0 aliphatic heterocycles. The summed E-state index contributed by atoms with van der Waals surface area (Å²) in [6.07, 6.45) is 0. The molecule has 0 unspecified atom stereocenters. The van der Waals surface area contributed by atoms with Gasteiger partial charge in [-0.25, -0.2) is 4.79 Å². The van der Waals surface area contributed by atoms with E-state index in [1.54, 1.807) is 42.5 Å². The van der Waals surface area contributed by atoms with Crippen LogP contribution >= 0.6 is 11.6 Å². The van der Waals surface area contributed by atoms with E-state index in [2.05, 4.69) is 20.9 Å². The first kappa shape index (κ1) is 17.8. The van der Waals surface area contributed by atoms with Crippen molar-refractivity contribution in [1.82, 2.24) is 10.3 Å². The molecule has 0 aliphatic carbocycles. The van der Waals surface area contributed by atoms with E-state index >= 15 is 0 Å². The number of urea groups is 1. The summed E-state index contributed by atoms with van der Waals surface area (Å²) in [5.41, 5.74) is 2.55. The van der Waals surface area contributed by atoms with Gasteiger partial charge in [-0.05, 0) is 62.4 Å². The van der Waals surface area contributed by atoms with Gasteiger partial charge in [0.2, 0.25) is 0 Å². The maximum atomic E-state index is 12.4. The number of H-pyrrole nitrogens is 1. The SMILES string of the molecule is CC(C)NC(=O)Nc1ccc(NC(=O)c2cc3cc(Cl)ccc3[nH]2)cc1. The van der Waals surface area contributed by atoms with Crippen molar-refractivity contribution in [2.24, 2.45) is 0 Å². The Hall–Kier alpha value is -2.99. The fourth-order valence-corrected chi connectivity index (χ4v) is 2.67. The van der Waals surface area contributed by atoms with Gasteiger partial charge < -0.3 is 20.9 Å². The number of carbonyl (C=O) groups excluding carboxylic acids is 2. The summed E-state index contributed by atoms with van der Waals surface area (Å²) < 4.78 is 0. The number of fused-ring (bicyclic) bond motifs is 1. The molecule has 3 aromatic rings. The lowest BCUT2D eigenvalue weighted by molar-refractivity contribution is 0.102. The molecule has 26 heavy (non-hydrogen) atoms. The van der Waals surface area contributed by atoms with Crippen LogP contribution in [0.15, 0.2) is 48.5 Å². The third-order valence-corrected chi connectivity index (χ3v) is 3.88. The van der Waals surface area contributed by atoms with Gasteiger partial charge in [0.1, 0.15) is 5.69 Å². The monoisotopic (exact) mass is 370 g/mol. The standard InChI is InChI=1S/C19H19ClN4O2/c1-11(2)21-19(26)23-15-6-4-14(5-7-15)22-18(25)17-10-12-9-13(20)3-8-16(12)24-17/h3-11,24H,1-2H3,(H,22,25)(H2,21,23,26). The van der Waals surface area contributed by atoms with E-state index in [1.165, 1.54) is 0 Å². The molecule has 0 spiro atoms. The average molecular weight is 371 g/mol. The maximum absolute atomic E-state index is 12.4. The Morgan fingerprint density at radius 3 is 2.27 bits per heavy atom. The minimum atomic E-state index is -0.270. The van der Waals surface area contributed by atoms with Gasteiger partial charge in [0.25, 0.3) is 5.91 Å². The number of anilines is 2. The fourth-order valence-electron chi connectivity index (χ4n) is 2.49. The van der Waals surface area contributed by atoms with Crippen LogP contribution in [0.5, 0.6) is 0 Å². The zero-order valence-electron chi connectivity index (χ0n) is 14.4. The van der Waals surface area contributed by atoms with E-state index in [9.17, 15) is 9.59 Å². The highest BCUT2D eigenvalue weighted by molar-refractivity contribution is 6.31. The van der Waals surface area contributed by atoms with Gasteiger partial charge in [-0.1, -0.05) is 11.6 Å². The van der Waals surface area contributed by atoms with Crippen molar-refractivity contribution in [1.29, 1.82) is 0 Å². The lowest BCUT2D eigenvalue weighted by atomic mass is 10.2. The summed E-state index contributed by atoms with van der Waals surface area (Å²) in [4.78, 5) is 27.1. The smallest absolute Gasteiger partial charge is 0.319 e. The highest BCUT2D eigenvalue weighted by atomic mass is 35.5. The Labute approximate surface area is 155 Å². The maximum Gasteiger partial charge on any atom is 0.319 e. The summed E-state index contributed by atoms with van der Waals surface area (Å²) in [5, 5.41) is 9.78. The van der Waals surface area contributed by atoms with Crippen LogP contribution in [-0.4, -0.2) is 23.0 Å². The number of nitrogens with one attached hydrogen (secondary N) is 4. The van der Waals surface area contributed by atoms with Crippen molar-refractivity contribution in [2.75, 3.05) is 10.6 Å². The lowest BCUT2D eigenvalue weighted by Gasteiger charge is -2.10. The second kappa shape index (κ2) is 7.49. The summed E-state index contributed by atoms with van der Waals surface area (Å²) in [7, 11) is 0. The summed E-state index contributed by atoms with van der Waals surface area (Å²) in [6, 6.07) is 13.8. The van der Waals surface area contributed by atoms with Crippen LogP contribution in [0, 0.1) is 0 Å². The van der Waals surface area contributed by atoms with Crippen molar-refractivity contribution >= 4 is 45.8 Å². The van der Waals surface area contributed by atoms with E-state index in [1.807, 2.05) is 19.9 Å². The third-order valence-electron chi connectivity index (χ3n) is 3.65. The van der Waals surface area contributed by atoms with Crippen LogP contribution in [0.3, 0.4) is 0 Å². The number of rotatable bonds is 4. The number of hydrogen-bond acceptors (Lipinski definition) is 2. The Bertz CT molecular complexity index is 948. The van der Waals surface area contributed by atoms with Crippen LogP contribution in [0.1, 0.15) is 24.3 Å². The summed E-state index contributed by atoms with van der Waals surface area (Å²) in [6.45, 7) is 3.77. The molecule has 0 fully saturated rings. The molecule has 0 saturated carbocycles. The molecule has 7 heteroatoms. The van der Waals surface area contributed by atoms with Gasteiger partial charge >= 0.3 is 6.03 Å². The number of aromatic amines is 1. The quantitative estimate of drug-likeness (QED) is 0.540. The zero-order valence-corrected chi connectivity index (χ0v) is 15.1. The average Bonchev–Trinajstić information content (AvgIpc) is 2.99. The van der Waals surface area contributed by atoms with E-state index in [0.717, 1.165) is 10.9 Å². The first-order chi connectivity index (χ1) is 12.4. The molecular formula is C19H19ClN4O2. The van der Waals surface area contributed by atoms with Gasteiger partial charge in [0, 0.05) is 33.3 Å². The van der Waals surface area contributed by atoms with Crippen LogP contribution in [0.25, 0.3) is 10.9 Å². The third kappa shape index (κ3) is 4.34. The molecule has 0 atom stereocenters. The topological polar surface area (TPSA) is 86.0 Å². The minimum Gasteiger partial charge on any atom is -0.351 e. The number of hydrogen-bond donors (Lipinski definition) is 4. The number of benzene rings is 2. The predicted octanol–water partition coefficient (Wildman–Crippen LogP) is 4.60. The van der Waals surface area contributed by atoms with Gasteiger partial charge in [-0.2, -0.15) is 0 Å². The number of aromatic nitrogens is 1. The fraction of sp³-hybridized carbons (Fsp3) is 0.158. The van der Waals surface area contributed by atoms with Gasteiger partial charge in [-0.3, -0.25) is 4.79 Å². The first-order valence-corrected chi connectivity index (χ1v) is 8.56.